The number of ether oxygens (including phenoxy) is 1. The largest absolute Gasteiger partial charge is 0.497 e. The van der Waals surface area contributed by atoms with Crippen LogP contribution in [0.25, 0.3) is 11.4 Å². The summed E-state index contributed by atoms with van der Waals surface area (Å²) in [6.45, 7) is 0. The van der Waals surface area contributed by atoms with Crippen molar-refractivity contribution in [2.75, 3.05) is 7.11 Å². The van der Waals surface area contributed by atoms with E-state index in [9.17, 15) is 4.79 Å². The topological polar surface area (TPSA) is 77.2 Å². The van der Waals surface area contributed by atoms with Gasteiger partial charge in [-0.2, -0.15) is 4.98 Å². The molecule has 7 heteroatoms. The number of carbonyl (C=O) groups excluding carboxylic acids is 1. The Hall–Kier alpha value is -2.86. The van der Waals surface area contributed by atoms with Crippen LogP contribution in [0.4, 0.5) is 0 Å². The quantitative estimate of drug-likeness (QED) is 0.618. The van der Waals surface area contributed by atoms with Gasteiger partial charge in [0.25, 0.3) is 0 Å². The predicted molar refractivity (Wildman–Crippen MR) is 110 cm³/mol. The van der Waals surface area contributed by atoms with Crippen molar-refractivity contribution in [3.63, 3.8) is 0 Å². The van der Waals surface area contributed by atoms with Crippen LogP contribution in [0.3, 0.4) is 0 Å². The van der Waals surface area contributed by atoms with E-state index in [0.29, 0.717) is 31.0 Å². The molecule has 0 saturated carbocycles. The Kier molecular flexibility index (Phi) is 5.81. The van der Waals surface area contributed by atoms with E-state index in [4.69, 9.17) is 20.9 Å². The molecule has 0 aliphatic heterocycles. The smallest absolute Gasteiger partial charge is 0.226 e. The maximum atomic E-state index is 12.3. The van der Waals surface area contributed by atoms with E-state index >= 15 is 0 Å². The van der Waals surface area contributed by atoms with E-state index in [-0.39, 0.29) is 11.9 Å². The summed E-state index contributed by atoms with van der Waals surface area (Å²) in [5.41, 5.74) is 3.25. The molecule has 0 saturated heterocycles. The summed E-state index contributed by atoms with van der Waals surface area (Å²) in [6, 6.07) is 13.4. The van der Waals surface area contributed by atoms with Crippen LogP contribution in [0.5, 0.6) is 5.75 Å². The van der Waals surface area contributed by atoms with Crippen LogP contribution in [-0.4, -0.2) is 23.2 Å². The Balaban J connectivity index is 1.26. The first-order valence-corrected chi connectivity index (χ1v) is 10.0. The molecule has 1 amide bonds. The molecular formula is C22H22ClN3O3. The van der Waals surface area contributed by atoms with Crippen LogP contribution < -0.4 is 10.1 Å². The minimum Gasteiger partial charge on any atom is -0.497 e. The summed E-state index contributed by atoms with van der Waals surface area (Å²) in [4.78, 5) is 16.7. The number of fused-ring (bicyclic) bond motifs is 1. The molecule has 0 radical (unpaired) electrons. The molecular weight excluding hydrogens is 390 g/mol. The number of benzene rings is 2. The lowest BCUT2D eigenvalue weighted by Gasteiger charge is -2.14. The molecule has 0 spiro atoms. The van der Waals surface area contributed by atoms with Gasteiger partial charge in [-0.25, -0.2) is 0 Å². The normalized spacial score (nSPS) is 15.2. The number of carbonyl (C=O) groups is 1. The zero-order valence-electron chi connectivity index (χ0n) is 16.2. The van der Waals surface area contributed by atoms with Crippen molar-refractivity contribution in [2.24, 2.45) is 0 Å². The van der Waals surface area contributed by atoms with Gasteiger partial charge in [0.05, 0.1) is 13.2 Å². The first-order chi connectivity index (χ1) is 14.1. The van der Waals surface area contributed by atoms with Crippen molar-refractivity contribution in [3.05, 3.63) is 64.5 Å². The van der Waals surface area contributed by atoms with Crippen LogP contribution >= 0.6 is 11.6 Å². The number of hydrogen-bond donors (Lipinski definition) is 1. The first kappa shape index (κ1) is 19.5. The number of aryl methyl sites for hydroxylation is 2. The fourth-order valence-electron chi connectivity index (χ4n) is 3.62. The third-order valence-corrected chi connectivity index (χ3v) is 5.36. The number of nitrogens with one attached hydrogen (secondary N) is 1. The Morgan fingerprint density at radius 1 is 1.28 bits per heavy atom. The standard InChI is InChI=1S/C22H22ClN3O3/c1-28-17-9-5-14(6-10-17)22-25-21(29-26-22)4-2-3-20(27)24-19-12-7-15-13-16(23)8-11-18(15)19/h5-6,8-11,13,19H,2-4,7,12H2,1H3,(H,24,27). The molecule has 4 rings (SSSR count). The van der Waals surface area contributed by atoms with Gasteiger partial charge in [0.2, 0.25) is 17.6 Å². The third-order valence-electron chi connectivity index (χ3n) is 5.13. The summed E-state index contributed by atoms with van der Waals surface area (Å²) in [5, 5.41) is 7.88. The van der Waals surface area contributed by atoms with Gasteiger partial charge < -0.3 is 14.6 Å². The third kappa shape index (κ3) is 4.59. The van der Waals surface area contributed by atoms with Gasteiger partial charge in [-0.1, -0.05) is 22.8 Å². The minimum atomic E-state index is 0.0349. The van der Waals surface area contributed by atoms with Gasteiger partial charge in [0, 0.05) is 23.4 Å². The molecule has 1 N–H and O–H groups in total. The monoisotopic (exact) mass is 411 g/mol. The zero-order valence-corrected chi connectivity index (χ0v) is 16.9. The number of hydrogen-bond acceptors (Lipinski definition) is 5. The second-order valence-corrected chi connectivity index (χ2v) is 7.53. The van der Waals surface area contributed by atoms with E-state index in [1.807, 2.05) is 42.5 Å². The van der Waals surface area contributed by atoms with Crippen LogP contribution in [0.15, 0.2) is 47.0 Å². The number of methoxy groups -OCH3 is 1. The highest BCUT2D eigenvalue weighted by Gasteiger charge is 2.23. The van der Waals surface area contributed by atoms with Crippen molar-refractivity contribution < 1.29 is 14.1 Å². The highest BCUT2D eigenvalue weighted by atomic mass is 35.5. The summed E-state index contributed by atoms with van der Waals surface area (Å²) in [5.74, 6) is 1.88. The molecule has 6 nitrogen and oxygen atoms in total. The maximum Gasteiger partial charge on any atom is 0.226 e. The van der Waals surface area contributed by atoms with Gasteiger partial charge >= 0.3 is 0 Å². The molecule has 1 heterocycles. The number of aromatic nitrogens is 2. The van der Waals surface area contributed by atoms with Crippen molar-refractivity contribution in [1.29, 1.82) is 0 Å². The van der Waals surface area contributed by atoms with E-state index in [2.05, 4.69) is 15.5 Å². The van der Waals surface area contributed by atoms with Crippen LogP contribution in [-0.2, 0) is 17.6 Å². The fraction of sp³-hybridized carbons (Fsp3) is 0.318. The van der Waals surface area contributed by atoms with Crippen LogP contribution in [0.2, 0.25) is 5.02 Å². The Labute approximate surface area is 174 Å². The number of nitrogens with zero attached hydrogens (tertiary/aromatic N) is 2. The van der Waals surface area contributed by atoms with Gasteiger partial charge in [0.15, 0.2) is 0 Å². The lowest BCUT2D eigenvalue weighted by Crippen LogP contribution is -2.26. The van der Waals surface area contributed by atoms with Gasteiger partial charge in [-0.15, -0.1) is 0 Å². The Bertz CT molecular complexity index is 1000. The average Bonchev–Trinajstić information content (AvgIpc) is 3.35. The van der Waals surface area contributed by atoms with Crippen molar-refractivity contribution in [1.82, 2.24) is 15.5 Å². The Morgan fingerprint density at radius 3 is 2.90 bits per heavy atom. The molecule has 2 aromatic carbocycles. The van der Waals surface area contributed by atoms with E-state index in [1.165, 1.54) is 11.1 Å². The molecule has 1 atom stereocenters. The summed E-state index contributed by atoms with van der Waals surface area (Å²) in [7, 11) is 1.62. The maximum absolute atomic E-state index is 12.3. The summed E-state index contributed by atoms with van der Waals surface area (Å²) in [6.07, 6.45) is 3.48. The molecule has 1 aliphatic rings. The molecule has 1 aromatic heterocycles. The van der Waals surface area contributed by atoms with E-state index in [0.717, 1.165) is 29.2 Å². The molecule has 1 aliphatic carbocycles. The lowest BCUT2D eigenvalue weighted by molar-refractivity contribution is -0.121. The minimum absolute atomic E-state index is 0.0349. The molecule has 150 valence electrons. The highest BCUT2D eigenvalue weighted by Crippen LogP contribution is 2.32. The van der Waals surface area contributed by atoms with Gasteiger partial charge in [-0.3, -0.25) is 4.79 Å². The fourth-order valence-corrected chi connectivity index (χ4v) is 3.81. The second kappa shape index (κ2) is 8.66. The van der Waals surface area contributed by atoms with Crippen molar-refractivity contribution in [2.45, 2.75) is 38.1 Å². The molecule has 1 unspecified atom stereocenters. The Morgan fingerprint density at radius 2 is 2.10 bits per heavy atom. The average molecular weight is 412 g/mol. The predicted octanol–water partition coefficient (Wildman–Crippen LogP) is 4.53. The second-order valence-electron chi connectivity index (χ2n) is 7.10. The number of halogens is 1. The highest BCUT2D eigenvalue weighted by molar-refractivity contribution is 6.30. The summed E-state index contributed by atoms with van der Waals surface area (Å²) < 4.78 is 10.5. The lowest BCUT2D eigenvalue weighted by atomic mass is 10.1. The van der Waals surface area contributed by atoms with Crippen molar-refractivity contribution >= 4 is 17.5 Å². The van der Waals surface area contributed by atoms with E-state index in [1.54, 1.807) is 7.11 Å². The number of rotatable bonds is 7. The number of amides is 1. The van der Waals surface area contributed by atoms with Crippen LogP contribution in [0, 0.1) is 0 Å². The first-order valence-electron chi connectivity index (χ1n) is 9.67. The van der Waals surface area contributed by atoms with Crippen LogP contribution in [0.1, 0.15) is 42.3 Å². The molecule has 3 aromatic rings. The SMILES string of the molecule is COc1ccc(-c2noc(CCCC(=O)NC3CCc4cc(Cl)ccc43)n2)cc1. The summed E-state index contributed by atoms with van der Waals surface area (Å²) >= 11 is 6.05. The molecule has 0 bridgehead atoms. The molecule has 0 fully saturated rings. The van der Waals surface area contributed by atoms with Crippen molar-refractivity contribution in [3.8, 4) is 17.1 Å². The van der Waals surface area contributed by atoms with Gasteiger partial charge in [-0.05, 0) is 66.8 Å². The zero-order chi connectivity index (χ0) is 20.2. The van der Waals surface area contributed by atoms with Gasteiger partial charge in [0.1, 0.15) is 5.75 Å². The van der Waals surface area contributed by atoms with E-state index < -0.39 is 0 Å². The molecule has 29 heavy (non-hydrogen) atoms.